The van der Waals surface area contributed by atoms with Gasteiger partial charge in [-0.05, 0) is 285 Å². The van der Waals surface area contributed by atoms with E-state index in [9.17, 15) is 0 Å². The molecule has 3 aliphatic carbocycles. The zero-order valence-corrected chi connectivity index (χ0v) is 105. The maximum atomic E-state index is 6.03. The molecule has 1 unspecified atom stereocenters. The molecule has 0 radical (unpaired) electrons. The topological polar surface area (TPSA) is 25.4 Å². The molecule has 3 nitrogen and oxygen atoms in total. The van der Waals surface area contributed by atoms with Crippen molar-refractivity contribution in [2.75, 3.05) is 33.0 Å². The maximum Gasteiger partial charge on any atom is 0.0598 e. The lowest BCUT2D eigenvalue weighted by Gasteiger charge is -2.40. The van der Waals surface area contributed by atoms with Gasteiger partial charge in [0.15, 0.2) is 0 Å². The van der Waals surface area contributed by atoms with Crippen LogP contribution < -0.4 is 0 Å². The quantitative estimate of drug-likeness (QED) is 0.0641. The first-order valence-electron chi connectivity index (χ1n) is 56.5. The summed E-state index contributed by atoms with van der Waals surface area (Å²) in [6, 6.07) is 22.7. The summed E-state index contributed by atoms with van der Waals surface area (Å²) in [6.07, 6.45) is 38.0. The fourth-order valence-electron chi connectivity index (χ4n) is 15.5. The summed E-state index contributed by atoms with van der Waals surface area (Å²) in [6.45, 7) is 125. The van der Waals surface area contributed by atoms with Crippen molar-refractivity contribution in [3.8, 4) is 0 Å². The number of halogens is 1. The second-order valence-electron chi connectivity index (χ2n) is 54.5. The normalized spacial score (nSPS) is 14.0. The Kier molecular flexibility index (Phi) is 98.1. The molecule has 2 aromatic carbocycles. The highest BCUT2D eigenvalue weighted by Crippen LogP contribution is 2.43. The molecule has 3 saturated carbocycles. The molecule has 1 heterocycles. The Morgan fingerprint density at radius 3 is 1.06 bits per heavy atom. The zero-order valence-electron chi connectivity index (χ0n) is 103. The lowest BCUT2D eigenvalue weighted by molar-refractivity contribution is -0.0168. The van der Waals surface area contributed by atoms with Crippen LogP contribution in [0.25, 0.3) is 0 Å². The molecule has 1 aromatic heterocycles. The van der Waals surface area contributed by atoms with Gasteiger partial charge in [0, 0.05) is 29.8 Å². The summed E-state index contributed by atoms with van der Waals surface area (Å²) < 4.78 is 5.49. The monoisotopic (exact) mass is 1920 g/mol. The van der Waals surface area contributed by atoms with E-state index in [-0.39, 0.29) is 5.60 Å². The Labute approximate surface area is 862 Å². The van der Waals surface area contributed by atoms with Gasteiger partial charge >= 0.3 is 0 Å². The summed E-state index contributed by atoms with van der Waals surface area (Å²) in [5, 5.41) is 0.888. The van der Waals surface area contributed by atoms with Crippen LogP contribution in [-0.2, 0) is 16.9 Å². The number of hydrogen-bond donors (Lipinski definition) is 0. The Balaban J connectivity index is -0.000000179. The average Bonchev–Trinajstić information content (AvgIpc) is 1.26. The molecule has 0 N–H and O–H groups in total. The van der Waals surface area contributed by atoms with Crippen LogP contribution in [0.1, 0.15) is 544 Å². The molecule has 3 aromatic rings. The predicted octanol–water partition coefficient (Wildman–Crippen LogP) is 45.1. The number of rotatable bonds is 31. The van der Waals surface area contributed by atoms with Crippen LogP contribution in [0.15, 0.2) is 79.1 Å². The van der Waals surface area contributed by atoms with Gasteiger partial charge in [0.25, 0.3) is 0 Å². The minimum atomic E-state index is 0.0320. The van der Waals surface area contributed by atoms with E-state index < -0.39 is 0 Å². The van der Waals surface area contributed by atoms with Crippen molar-refractivity contribution >= 4 is 23.4 Å². The summed E-state index contributed by atoms with van der Waals surface area (Å²) in [5.41, 5.74) is 6.49. The summed E-state index contributed by atoms with van der Waals surface area (Å²) in [7, 11) is 4.19. The van der Waals surface area contributed by atoms with Crippen molar-refractivity contribution in [2.45, 2.75) is 545 Å². The molecule has 6 rings (SSSR count). The molecular formula is C129H259ClN2OS. The van der Waals surface area contributed by atoms with Gasteiger partial charge in [0.05, 0.1) is 5.60 Å². The molecule has 0 spiro atoms. The van der Waals surface area contributed by atoms with Crippen molar-refractivity contribution in [3.63, 3.8) is 0 Å². The Bertz CT molecular complexity index is 2750. The van der Waals surface area contributed by atoms with Gasteiger partial charge in [-0.2, -0.15) is 11.8 Å². The van der Waals surface area contributed by atoms with Gasteiger partial charge in [0.1, 0.15) is 0 Å². The SMILES string of the molecule is CC(C)C1CCCCC1.CC(C)CC(C)(C)C.CC(C)CC(C)(C)C(C)(C)C.CC(C)CC(C)(C)C(C)C.CC(C)CC(C)C.CC(C)CC1CC1.CC(C)CC1CCCCC1.CC(C)CCC(C)(C)C.CC(C)CCC(C)C.CC(C)CN(C)C.CC(C)COC(C)(C)C.CC(C)CSCc1ccccc1Cl.CC(C)Cc1ccccc1.CC(C)c1cccnc1.CCC(C)C(C)C. The third-order valence-corrected chi connectivity index (χ3v) is 26.5. The van der Waals surface area contributed by atoms with Gasteiger partial charge < -0.3 is 9.64 Å². The predicted molar refractivity (Wildman–Crippen MR) is 630 cm³/mol. The van der Waals surface area contributed by atoms with E-state index in [0.717, 1.165) is 136 Å². The molecule has 804 valence electrons. The Morgan fingerprint density at radius 2 is 0.843 bits per heavy atom. The summed E-state index contributed by atoms with van der Waals surface area (Å²) in [4.78, 5) is 6.20. The highest BCUT2D eigenvalue weighted by atomic mass is 35.5. The number of pyridine rings is 1. The summed E-state index contributed by atoms with van der Waals surface area (Å²) in [5.74, 6) is 21.3. The first-order chi connectivity index (χ1) is 61.0. The largest absolute Gasteiger partial charge is 0.376 e. The molecule has 134 heavy (non-hydrogen) atoms. The van der Waals surface area contributed by atoms with E-state index >= 15 is 0 Å². The molecule has 0 aliphatic heterocycles. The number of thioether (sulfide) groups is 1. The minimum Gasteiger partial charge on any atom is -0.376 e. The van der Waals surface area contributed by atoms with Crippen LogP contribution in [0.4, 0.5) is 0 Å². The van der Waals surface area contributed by atoms with E-state index in [1.807, 2.05) is 42.2 Å². The minimum absolute atomic E-state index is 0.0320. The van der Waals surface area contributed by atoms with Crippen molar-refractivity contribution < 1.29 is 4.74 Å². The fraction of sp³-hybridized carbons (Fsp3) is 0.868. The summed E-state index contributed by atoms with van der Waals surface area (Å²) >= 11 is 7.97. The van der Waals surface area contributed by atoms with Gasteiger partial charge in [-0.15, -0.1) is 0 Å². The second-order valence-corrected chi connectivity index (χ2v) is 55.9. The van der Waals surface area contributed by atoms with Crippen LogP contribution >= 0.6 is 23.4 Å². The number of ether oxygens (including phenoxy) is 1. The lowest BCUT2D eigenvalue weighted by Crippen LogP contribution is -2.30. The van der Waals surface area contributed by atoms with Crippen molar-refractivity contribution in [2.24, 2.45) is 151 Å². The Morgan fingerprint density at radius 1 is 0.418 bits per heavy atom. The van der Waals surface area contributed by atoms with Crippen LogP contribution in [0.2, 0.25) is 5.02 Å². The van der Waals surface area contributed by atoms with Gasteiger partial charge in [-0.1, -0.05) is 522 Å². The molecule has 1 atom stereocenters. The third-order valence-electron chi connectivity index (χ3n) is 24.7. The van der Waals surface area contributed by atoms with Crippen LogP contribution in [0.3, 0.4) is 0 Å². The molecule has 0 bridgehead atoms. The highest BCUT2D eigenvalue weighted by molar-refractivity contribution is 7.98. The van der Waals surface area contributed by atoms with E-state index in [1.165, 1.54) is 183 Å². The molecule has 5 heteroatoms. The fourth-order valence-corrected chi connectivity index (χ4v) is 16.9. The van der Waals surface area contributed by atoms with Crippen LogP contribution in [-0.4, -0.2) is 48.5 Å². The van der Waals surface area contributed by atoms with Gasteiger partial charge in [-0.3, -0.25) is 4.98 Å². The van der Waals surface area contributed by atoms with Crippen molar-refractivity contribution in [1.29, 1.82) is 0 Å². The second kappa shape index (κ2) is 87.7. The number of benzene rings is 2. The standard InChI is InChI=1S/C11H15ClS.C11H24.C10H20.C10H14.C10H22.C9H18.C9H20.C8H11N.C8H18O.2C8H18.C7H14.2C7H16.C6H15N/c1-9(2)7-13-8-10-5-3-4-6-11(10)12;1-9(2)8-11(6,7)10(3,4)5;2*1-9(2)8-10-6-4-3-5-7-10;1-8(2)7-10(5,6)9(3)4;1-8(2)9-6-4-3-5-7-9;1-8(2)6-7-9(3,4)5;1-7(2)8-4-3-5-9-6-8;1-7(2)6-9-8(3,4)5;1-7(2)6-8(3,4)5;1-7(2)5-6-8(3)4;1-6(2)5-7-3-4-7;1-6(2)5-7(3)4;1-5-7(4)6(2)3;1-6(2)5-7(3)4/h3-6,9H,7-8H2,1-2H3;9H,8H2,1-7H3;9-10H,3-8H2,1-2H3;3-7,9H,8H2,1-2H3;8-9H,7H2,1-6H3;8-9H,3-7H2,1-2H3;8H,6-7H2,1-5H3;3-7H,1-2H3;7H,6H2,1-5H3;7H,6H2,1-5H3;7-8H,5-6H2,1-4H3;6-7H,3-5H2,1-2H3;2*6-7H,5H2,1-4H3;6H,5H2,1-4H3. The number of hydrogen-bond acceptors (Lipinski definition) is 4. The van der Waals surface area contributed by atoms with Crippen LogP contribution in [0.5, 0.6) is 0 Å². The molecule has 3 fully saturated rings. The first-order valence-corrected chi connectivity index (χ1v) is 58.1. The third kappa shape index (κ3) is 126. The molecule has 3 aliphatic rings. The lowest BCUT2D eigenvalue weighted by atomic mass is 9.65. The van der Waals surface area contributed by atoms with Gasteiger partial charge in [-0.25, -0.2) is 0 Å². The molecule has 0 amide bonds. The highest BCUT2D eigenvalue weighted by Gasteiger charge is 2.33. The van der Waals surface area contributed by atoms with Gasteiger partial charge in [0.2, 0.25) is 0 Å². The Hall–Kier alpha value is -1.85. The maximum absolute atomic E-state index is 6.03. The molecular weight excluding hydrogens is 1660 g/mol. The number of aromatic nitrogens is 1. The van der Waals surface area contributed by atoms with Crippen molar-refractivity contribution in [1.82, 2.24) is 9.88 Å². The smallest absolute Gasteiger partial charge is 0.0598 e. The van der Waals surface area contributed by atoms with Crippen LogP contribution in [0, 0.1) is 151 Å². The van der Waals surface area contributed by atoms with E-state index in [2.05, 4.69) is 440 Å². The average molecular weight is 1920 g/mol. The van der Waals surface area contributed by atoms with E-state index in [4.69, 9.17) is 16.3 Å². The van der Waals surface area contributed by atoms with E-state index in [1.54, 1.807) is 6.20 Å². The molecule has 0 saturated heterocycles. The van der Waals surface area contributed by atoms with E-state index in [0.29, 0.717) is 38.9 Å². The zero-order chi connectivity index (χ0) is 107. The van der Waals surface area contributed by atoms with Crippen molar-refractivity contribution in [3.05, 3.63) is 101 Å². The number of nitrogens with zero attached hydrogens (tertiary/aromatic N) is 2. The first kappa shape index (κ1) is 150.